The molecule has 2 aromatic rings. The van der Waals surface area contributed by atoms with Gasteiger partial charge in [0.15, 0.2) is 0 Å². The number of fused-ring (bicyclic) bond motifs is 1. The molecule has 0 amide bonds. The highest BCUT2D eigenvalue weighted by Crippen LogP contribution is 2.45. The summed E-state index contributed by atoms with van der Waals surface area (Å²) in [6, 6.07) is 5.79. The van der Waals surface area contributed by atoms with E-state index < -0.39 is 5.60 Å². The molecule has 1 aliphatic carbocycles. The van der Waals surface area contributed by atoms with Crippen molar-refractivity contribution in [2.45, 2.75) is 18.4 Å². The Morgan fingerprint density at radius 3 is 2.89 bits per heavy atom. The summed E-state index contributed by atoms with van der Waals surface area (Å²) >= 11 is 6.18. The molecule has 0 saturated heterocycles. The lowest BCUT2D eigenvalue weighted by Crippen LogP contribution is -2.27. The van der Waals surface area contributed by atoms with Gasteiger partial charge in [0, 0.05) is 7.05 Å². The number of methoxy groups -OCH3 is 1. The number of aliphatic hydroxyl groups is 1. The number of aromatic nitrogens is 2. The number of aryl methyl sites for hydroxylation is 2. The number of benzene rings is 1. The maximum Gasteiger partial charge on any atom is 0.133 e. The van der Waals surface area contributed by atoms with Gasteiger partial charge in [-0.1, -0.05) is 17.7 Å². The van der Waals surface area contributed by atoms with Gasteiger partial charge in [0.25, 0.3) is 0 Å². The Kier molecular flexibility index (Phi) is 2.80. The van der Waals surface area contributed by atoms with Crippen LogP contribution in [0.15, 0.2) is 24.4 Å². The molecule has 1 heterocycles. The zero-order chi connectivity index (χ0) is 13.6. The van der Waals surface area contributed by atoms with Crippen LogP contribution >= 0.6 is 11.6 Å². The van der Waals surface area contributed by atoms with E-state index in [9.17, 15) is 5.11 Å². The molecule has 0 fully saturated rings. The summed E-state index contributed by atoms with van der Waals surface area (Å²) in [4.78, 5) is 0. The fourth-order valence-corrected chi connectivity index (χ4v) is 3.18. The molecular formula is C14H15ClN2O2. The van der Waals surface area contributed by atoms with E-state index in [2.05, 4.69) is 5.10 Å². The average Bonchev–Trinajstić information content (AvgIpc) is 2.91. The minimum absolute atomic E-state index is 0.487. The first kappa shape index (κ1) is 12.5. The summed E-state index contributed by atoms with van der Waals surface area (Å²) in [5.41, 5.74) is 1.53. The van der Waals surface area contributed by atoms with Crippen molar-refractivity contribution in [3.63, 3.8) is 0 Å². The van der Waals surface area contributed by atoms with Crippen molar-refractivity contribution in [2.24, 2.45) is 7.05 Å². The second-order valence-corrected chi connectivity index (χ2v) is 5.26. The van der Waals surface area contributed by atoms with Crippen molar-refractivity contribution in [1.29, 1.82) is 0 Å². The third kappa shape index (κ3) is 1.75. The zero-order valence-corrected chi connectivity index (χ0v) is 11.6. The molecule has 0 spiro atoms. The van der Waals surface area contributed by atoms with Crippen molar-refractivity contribution in [2.75, 3.05) is 7.11 Å². The highest BCUT2D eigenvalue weighted by atomic mass is 35.5. The van der Waals surface area contributed by atoms with Crippen LogP contribution in [0.2, 0.25) is 5.02 Å². The van der Waals surface area contributed by atoms with E-state index in [1.807, 2.05) is 18.2 Å². The first-order valence-corrected chi connectivity index (χ1v) is 6.52. The van der Waals surface area contributed by atoms with Crippen LogP contribution < -0.4 is 4.74 Å². The van der Waals surface area contributed by atoms with Crippen LogP contribution in [0.5, 0.6) is 5.75 Å². The predicted molar refractivity (Wildman–Crippen MR) is 72.5 cm³/mol. The minimum atomic E-state index is -1.09. The number of hydrogen-bond acceptors (Lipinski definition) is 3. The van der Waals surface area contributed by atoms with Gasteiger partial charge in [-0.25, -0.2) is 0 Å². The van der Waals surface area contributed by atoms with E-state index in [1.165, 1.54) is 0 Å². The number of hydrogen-bond donors (Lipinski definition) is 1. The first-order valence-electron chi connectivity index (χ1n) is 6.14. The van der Waals surface area contributed by atoms with Crippen LogP contribution in [0, 0.1) is 0 Å². The molecule has 19 heavy (non-hydrogen) atoms. The fraction of sp³-hybridized carbons (Fsp3) is 0.357. The van der Waals surface area contributed by atoms with Gasteiger partial charge in [0.2, 0.25) is 0 Å². The molecule has 1 atom stereocenters. The molecule has 0 bridgehead atoms. The van der Waals surface area contributed by atoms with Crippen LogP contribution in [-0.2, 0) is 19.1 Å². The van der Waals surface area contributed by atoms with Crippen LogP contribution in [0.1, 0.15) is 23.2 Å². The Bertz CT molecular complexity index is 619. The average molecular weight is 279 g/mol. The molecule has 100 valence electrons. The topological polar surface area (TPSA) is 47.3 Å². The maximum absolute atomic E-state index is 11.1. The first-order chi connectivity index (χ1) is 9.06. The zero-order valence-electron chi connectivity index (χ0n) is 10.9. The van der Waals surface area contributed by atoms with Crippen LogP contribution in [-0.4, -0.2) is 22.0 Å². The van der Waals surface area contributed by atoms with Crippen molar-refractivity contribution in [1.82, 2.24) is 9.78 Å². The summed E-state index contributed by atoms with van der Waals surface area (Å²) in [5, 5.41) is 15.7. The third-order valence-electron chi connectivity index (χ3n) is 3.80. The monoisotopic (exact) mass is 278 g/mol. The third-order valence-corrected chi connectivity index (χ3v) is 4.08. The van der Waals surface area contributed by atoms with Gasteiger partial charge in [0.05, 0.1) is 24.0 Å². The molecule has 1 N–H and O–H groups in total. The van der Waals surface area contributed by atoms with Crippen molar-refractivity contribution < 1.29 is 9.84 Å². The van der Waals surface area contributed by atoms with E-state index >= 15 is 0 Å². The second kappa shape index (κ2) is 4.25. The SMILES string of the molecule is COc1ccc2c(c1)C(O)(c1c(Cl)cnn1C)CC2. The Labute approximate surface area is 116 Å². The molecule has 5 heteroatoms. The number of nitrogens with zero attached hydrogens (tertiary/aromatic N) is 2. The van der Waals surface area contributed by atoms with E-state index in [4.69, 9.17) is 16.3 Å². The molecule has 1 unspecified atom stereocenters. The van der Waals surface area contributed by atoms with Crippen molar-refractivity contribution in [3.8, 4) is 5.75 Å². The van der Waals surface area contributed by atoms with E-state index in [-0.39, 0.29) is 0 Å². The molecule has 0 radical (unpaired) electrons. The fourth-order valence-electron chi connectivity index (χ4n) is 2.86. The van der Waals surface area contributed by atoms with Gasteiger partial charge in [-0.05, 0) is 36.1 Å². The lowest BCUT2D eigenvalue weighted by molar-refractivity contribution is 0.0739. The van der Waals surface area contributed by atoms with Gasteiger partial charge < -0.3 is 9.84 Å². The largest absolute Gasteiger partial charge is 0.497 e. The van der Waals surface area contributed by atoms with Crippen molar-refractivity contribution >= 4 is 11.6 Å². The number of rotatable bonds is 2. The highest BCUT2D eigenvalue weighted by Gasteiger charge is 2.42. The molecule has 1 aliphatic rings. The minimum Gasteiger partial charge on any atom is -0.497 e. The van der Waals surface area contributed by atoms with Gasteiger partial charge in [-0.2, -0.15) is 5.10 Å². The maximum atomic E-state index is 11.1. The summed E-state index contributed by atoms with van der Waals surface area (Å²) in [6.07, 6.45) is 2.99. The quantitative estimate of drug-likeness (QED) is 0.917. The summed E-state index contributed by atoms with van der Waals surface area (Å²) in [6.45, 7) is 0. The molecular weight excluding hydrogens is 264 g/mol. The van der Waals surface area contributed by atoms with Gasteiger partial charge in [-0.15, -0.1) is 0 Å². The van der Waals surface area contributed by atoms with Crippen molar-refractivity contribution in [3.05, 3.63) is 46.2 Å². The molecule has 4 nitrogen and oxygen atoms in total. The smallest absolute Gasteiger partial charge is 0.133 e. The standard InChI is InChI=1S/C14H15ClN2O2/c1-17-13(12(15)8-16-17)14(18)6-5-9-3-4-10(19-2)7-11(9)14/h3-4,7-8,18H,5-6H2,1-2H3. The Hall–Kier alpha value is -1.52. The molecule has 3 rings (SSSR count). The number of halogens is 1. The highest BCUT2D eigenvalue weighted by molar-refractivity contribution is 6.31. The Balaban J connectivity index is 2.19. The normalized spacial score (nSPS) is 21.5. The Morgan fingerprint density at radius 1 is 1.47 bits per heavy atom. The predicted octanol–water partition coefficient (Wildman–Crippen LogP) is 2.26. The molecule has 1 aromatic heterocycles. The lowest BCUT2D eigenvalue weighted by Gasteiger charge is -2.25. The molecule has 1 aromatic carbocycles. The molecule has 0 saturated carbocycles. The Morgan fingerprint density at radius 2 is 2.26 bits per heavy atom. The second-order valence-electron chi connectivity index (χ2n) is 4.85. The van der Waals surface area contributed by atoms with Gasteiger partial charge >= 0.3 is 0 Å². The summed E-state index contributed by atoms with van der Waals surface area (Å²) in [7, 11) is 3.41. The lowest BCUT2D eigenvalue weighted by atomic mass is 9.92. The van der Waals surface area contributed by atoms with Crippen LogP contribution in [0.4, 0.5) is 0 Å². The van der Waals surface area contributed by atoms with E-state index in [0.717, 1.165) is 23.3 Å². The van der Waals surface area contributed by atoms with E-state index in [1.54, 1.807) is 25.0 Å². The van der Waals surface area contributed by atoms with Crippen LogP contribution in [0.25, 0.3) is 0 Å². The summed E-state index contributed by atoms with van der Waals surface area (Å²) < 4.78 is 6.88. The molecule has 0 aliphatic heterocycles. The van der Waals surface area contributed by atoms with E-state index in [0.29, 0.717) is 17.1 Å². The van der Waals surface area contributed by atoms with Crippen LogP contribution in [0.3, 0.4) is 0 Å². The number of ether oxygens (including phenoxy) is 1. The van der Waals surface area contributed by atoms with Gasteiger partial charge in [0.1, 0.15) is 11.4 Å². The summed E-state index contributed by atoms with van der Waals surface area (Å²) in [5.74, 6) is 0.734. The van der Waals surface area contributed by atoms with Gasteiger partial charge in [-0.3, -0.25) is 4.68 Å².